The molecule has 0 radical (unpaired) electrons. The van der Waals surface area contributed by atoms with Gasteiger partial charge in [0.15, 0.2) is 5.65 Å². The van der Waals surface area contributed by atoms with Crippen molar-refractivity contribution < 1.29 is 4.79 Å². The van der Waals surface area contributed by atoms with Gasteiger partial charge in [-0.15, -0.1) is 10.2 Å². The molecule has 0 fully saturated rings. The summed E-state index contributed by atoms with van der Waals surface area (Å²) >= 11 is 0. The number of amides is 2. The summed E-state index contributed by atoms with van der Waals surface area (Å²) in [7, 11) is 0. The second-order valence-electron chi connectivity index (χ2n) is 4.41. The fraction of sp³-hybridized carbons (Fsp3) is 0.143. The van der Waals surface area contributed by atoms with Crippen LogP contribution in [-0.2, 0) is 6.42 Å². The zero-order valence-electron chi connectivity index (χ0n) is 11.2. The summed E-state index contributed by atoms with van der Waals surface area (Å²) < 4.78 is 1.91. The molecule has 0 aliphatic carbocycles. The Labute approximate surface area is 121 Å². The van der Waals surface area contributed by atoms with Crippen molar-refractivity contribution >= 4 is 17.4 Å². The number of pyridine rings is 2. The van der Waals surface area contributed by atoms with Gasteiger partial charge in [-0.25, -0.2) is 4.79 Å². The number of anilines is 1. The summed E-state index contributed by atoms with van der Waals surface area (Å²) in [6.45, 7) is 0.479. The van der Waals surface area contributed by atoms with E-state index >= 15 is 0 Å². The molecule has 3 rings (SSSR count). The van der Waals surface area contributed by atoms with E-state index in [0.29, 0.717) is 18.7 Å². The van der Waals surface area contributed by atoms with Crippen LogP contribution in [0, 0.1) is 0 Å². The number of nitrogens with zero attached hydrogens (tertiary/aromatic N) is 4. The Balaban J connectivity index is 1.53. The molecule has 0 bridgehead atoms. The summed E-state index contributed by atoms with van der Waals surface area (Å²) in [5.74, 6) is 0.815. The molecular weight excluding hydrogens is 268 g/mol. The molecule has 2 amide bonds. The second kappa shape index (κ2) is 6.00. The van der Waals surface area contributed by atoms with Crippen LogP contribution in [0.4, 0.5) is 10.5 Å². The molecule has 3 aromatic rings. The fourth-order valence-electron chi connectivity index (χ4n) is 1.96. The van der Waals surface area contributed by atoms with E-state index < -0.39 is 0 Å². The van der Waals surface area contributed by atoms with E-state index in [9.17, 15) is 4.79 Å². The minimum absolute atomic E-state index is 0.255. The lowest BCUT2D eigenvalue weighted by molar-refractivity contribution is 0.252. The van der Waals surface area contributed by atoms with Crippen LogP contribution in [0.1, 0.15) is 5.82 Å². The van der Waals surface area contributed by atoms with E-state index in [1.54, 1.807) is 24.5 Å². The third-order valence-electron chi connectivity index (χ3n) is 2.96. The highest BCUT2D eigenvalue weighted by Gasteiger charge is 2.05. The fourth-order valence-corrected chi connectivity index (χ4v) is 1.96. The van der Waals surface area contributed by atoms with Crippen molar-refractivity contribution in [3.8, 4) is 0 Å². The third-order valence-corrected chi connectivity index (χ3v) is 2.96. The summed E-state index contributed by atoms with van der Waals surface area (Å²) in [6, 6.07) is 8.92. The third kappa shape index (κ3) is 3.14. The minimum atomic E-state index is -0.255. The summed E-state index contributed by atoms with van der Waals surface area (Å²) in [4.78, 5) is 15.6. The minimum Gasteiger partial charge on any atom is -0.337 e. The van der Waals surface area contributed by atoms with Crippen molar-refractivity contribution in [1.82, 2.24) is 24.9 Å². The lowest BCUT2D eigenvalue weighted by Crippen LogP contribution is -2.30. The normalized spacial score (nSPS) is 10.5. The zero-order valence-corrected chi connectivity index (χ0v) is 11.2. The lowest BCUT2D eigenvalue weighted by Gasteiger charge is -2.06. The van der Waals surface area contributed by atoms with Crippen molar-refractivity contribution in [2.75, 3.05) is 11.9 Å². The van der Waals surface area contributed by atoms with Crippen LogP contribution in [0.2, 0.25) is 0 Å². The quantitative estimate of drug-likeness (QED) is 0.759. The Bertz CT molecular complexity index is 739. The van der Waals surface area contributed by atoms with Crippen LogP contribution in [0.25, 0.3) is 5.65 Å². The molecule has 7 nitrogen and oxygen atoms in total. The first-order valence-corrected chi connectivity index (χ1v) is 6.56. The number of hydrogen-bond acceptors (Lipinski definition) is 4. The van der Waals surface area contributed by atoms with Crippen molar-refractivity contribution in [3.05, 3.63) is 54.7 Å². The van der Waals surface area contributed by atoms with Gasteiger partial charge >= 0.3 is 6.03 Å². The van der Waals surface area contributed by atoms with Gasteiger partial charge in [0.05, 0.1) is 0 Å². The van der Waals surface area contributed by atoms with Crippen LogP contribution in [0.5, 0.6) is 0 Å². The van der Waals surface area contributed by atoms with E-state index in [4.69, 9.17) is 0 Å². The van der Waals surface area contributed by atoms with Gasteiger partial charge in [-0.2, -0.15) is 0 Å². The molecule has 0 unspecified atom stereocenters. The molecule has 2 N–H and O–H groups in total. The zero-order chi connectivity index (χ0) is 14.5. The van der Waals surface area contributed by atoms with Gasteiger partial charge in [0.1, 0.15) is 5.82 Å². The van der Waals surface area contributed by atoms with Gasteiger partial charge in [-0.05, 0) is 24.3 Å². The molecule has 0 aliphatic rings. The second-order valence-corrected chi connectivity index (χ2v) is 4.41. The molecule has 0 atom stereocenters. The maximum Gasteiger partial charge on any atom is 0.319 e. The molecule has 106 valence electrons. The maximum absolute atomic E-state index is 11.7. The van der Waals surface area contributed by atoms with Gasteiger partial charge in [-0.3, -0.25) is 9.38 Å². The molecule has 0 saturated carbocycles. The first-order chi connectivity index (χ1) is 10.3. The molecule has 0 spiro atoms. The Hall–Kier alpha value is -2.96. The van der Waals surface area contributed by atoms with Crippen LogP contribution < -0.4 is 10.6 Å². The number of fused-ring (bicyclic) bond motifs is 1. The topological polar surface area (TPSA) is 84.2 Å². The molecule has 3 aromatic heterocycles. The summed E-state index contributed by atoms with van der Waals surface area (Å²) in [5, 5.41) is 13.7. The number of urea groups is 1. The Morgan fingerprint density at radius 2 is 2.00 bits per heavy atom. The molecule has 0 aromatic carbocycles. The van der Waals surface area contributed by atoms with Gasteiger partial charge in [0.2, 0.25) is 0 Å². The number of nitrogens with one attached hydrogen (secondary N) is 2. The van der Waals surface area contributed by atoms with Gasteiger partial charge in [0.25, 0.3) is 0 Å². The maximum atomic E-state index is 11.7. The number of carbonyl (C=O) groups is 1. The van der Waals surface area contributed by atoms with Crippen LogP contribution in [-0.4, -0.2) is 32.2 Å². The van der Waals surface area contributed by atoms with E-state index in [0.717, 1.165) is 11.5 Å². The van der Waals surface area contributed by atoms with Gasteiger partial charge < -0.3 is 10.6 Å². The Morgan fingerprint density at radius 3 is 2.86 bits per heavy atom. The molecule has 0 aliphatic heterocycles. The van der Waals surface area contributed by atoms with Crippen LogP contribution in [0.3, 0.4) is 0 Å². The van der Waals surface area contributed by atoms with Gasteiger partial charge in [-0.1, -0.05) is 6.07 Å². The molecule has 3 heterocycles. The van der Waals surface area contributed by atoms with E-state index in [1.807, 2.05) is 28.8 Å². The molecule has 21 heavy (non-hydrogen) atoms. The number of carbonyl (C=O) groups excluding carboxylic acids is 1. The highest BCUT2D eigenvalue weighted by Crippen LogP contribution is 2.04. The van der Waals surface area contributed by atoms with Crippen molar-refractivity contribution in [3.63, 3.8) is 0 Å². The van der Waals surface area contributed by atoms with Gasteiger partial charge in [0, 0.05) is 37.2 Å². The first kappa shape index (κ1) is 13.0. The predicted molar refractivity (Wildman–Crippen MR) is 77.9 cm³/mol. The largest absolute Gasteiger partial charge is 0.337 e. The highest BCUT2D eigenvalue weighted by molar-refractivity contribution is 5.89. The van der Waals surface area contributed by atoms with E-state index in [2.05, 4.69) is 25.8 Å². The average Bonchev–Trinajstić information content (AvgIpc) is 2.92. The van der Waals surface area contributed by atoms with Crippen molar-refractivity contribution in [2.24, 2.45) is 0 Å². The molecule has 7 heteroatoms. The molecule has 0 saturated heterocycles. The van der Waals surface area contributed by atoms with Crippen molar-refractivity contribution in [1.29, 1.82) is 0 Å². The Kier molecular flexibility index (Phi) is 3.72. The number of rotatable bonds is 4. The Morgan fingerprint density at radius 1 is 1.14 bits per heavy atom. The SMILES string of the molecule is O=C(NCCc1nnc2ccccn12)Nc1ccncc1. The standard InChI is InChI=1S/C14H14N6O/c21-14(17-11-4-7-15-8-5-11)16-9-6-13-19-18-12-3-1-2-10-20(12)13/h1-5,7-8,10H,6,9H2,(H2,15,16,17,21). The summed E-state index contributed by atoms with van der Waals surface area (Å²) in [5.41, 5.74) is 1.50. The molecular formula is C14H14N6O. The smallest absolute Gasteiger partial charge is 0.319 e. The average molecular weight is 282 g/mol. The number of aromatic nitrogens is 4. The van der Waals surface area contributed by atoms with Crippen LogP contribution in [0.15, 0.2) is 48.9 Å². The number of hydrogen-bond donors (Lipinski definition) is 2. The predicted octanol–water partition coefficient (Wildman–Crippen LogP) is 1.49. The monoisotopic (exact) mass is 282 g/mol. The first-order valence-electron chi connectivity index (χ1n) is 6.56. The van der Waals surface area contributed by atoms with Crippen LogP contribution >= 0.6 is 0 Å². The summed E-state index contributed by atoms with van der Waals surface area (Å²) in [6.07, 6.45) is 5.76. The van der Waals surface area contributed by atoms with Crippen molar-refractivity contribution in [2.45, 2.75) is 6.42 Å². The van der Waals surface area contributed by atoms with E-state index in [-0.39, 0.29) is 6.03 Å². The highest BCUT2D eigenvalue weighted by atomic mass is 16.2. The lowest BCUT2D eigenvalue weighted by atomic mass is 10.4. The van der Waals surface area contributed by atoms with E-state index in [1.165, 1.54) is 0 Å².